The van der Waals surface area contributed by atoms with Crippen molar-refractivity contribution in [3.63, 3.8) is 0 Å². The number of ketones is 1. The molecule has 8 heteroatoms. The lowest BCUT2D eigenvalue weighted by Crippen LogP contribution is -2.35. The number of amides is 1. The number of ether oxygens (including phenoxy) is 3. The van der Waals surface area contributed by atoms with Gasteiger partial charge in [0.1, 0.15) is 17.1 Å². The van der Waals surface area contributed by atoms with Gasteiger partial charge in [0.25, 0.3) is 5.91 Å². The van der Waals surface area contributed by atoms with Gasteiger partial charge in [-0.15, -0.1) is 0 Å². The van der Waals surface area contributed by atoms with Crippen LogP contribution in [0.25, 0.3) is 0 Å². The molecule has 1 unspecified atom stereocenters. The molecule has 2 aliphatic rings. The first-order valence-electron chi connectivity index (χ1n) is 12.3. The fourth-order valence-corrected chi connectivity index (χ4v) is 4.82. The van der Waals surface area contributed by atoms with Crippen molar-refractivity contribution in [1.82, 2.24) is 0 Å². The van der Waals surface area contributed by atoms with E-state index >= 15 is 0 Å². The molecule has 2 aromatic rings. The summed E-state index contributed by atoms with van der Waals surface area (Å²) in [7, 11) is 1.25. The second-order valence-electron chi connectivity index (χ2n) is 10.0. The first-order chi connectivity index (χ1) is 17.6. The van der Waals surface area contributed by atoms with E-state index in [2.05, 4.69) is 12.2 Å². The molecule has 1 aliphatic heterocycles. The average Bonchev–Trinajstić information content (AvgIpc) is 2.86. The highest BCUT2D eigenvalue weighted by Gasteiger charge is 2.45. The number of nitrogens with two attached hydrogens (primary N) is 1. The van der Waals surface area contributed by atoms with E-state index in [0.29, 0.717) is 41.2 Å². The van der Waals surface area contributed by atoms with Gasteiger partial charge in [0, 0.05) is 29.7 Å². The van der Waals surface area contributed by atoms with Gasteiger partial charge in [-0.05, 0) is 35.6 Å². The van der Waals surface area contributed by atoms with Crippen molar-refractivity contribution in [1.29, 1.82) is 0 Å². The molecule has 0 aromatic heterocycles. The molecule has 0 radical (unpaired) electrons. The minimum atomic E-state index is -0.847. The Balaban J connectivity index is 1.65. The minimum Gasteiger partial charge on any atom is -0.483 e. The standard InChI is InChI=1S/C29H32N2O6/c1-5-17-10-12-18(13-11-17)31-23(33)16-36-21-9-7-6-8-19(21)24-25-20(32)14-29(2,3)15-22(25)37-27(30)26(24)28(34)35-4/h6-13,24H,5,14-16,30H2,1-4H3,(H,31,33). The number of aryl methyl sites for hydroxylation is 1. The van der Waals surface area contributed by atoms with Crippen LogP contribution in [0.4, 0.5) is 5.69 Å². The number of hydrogen-bond acceptors (Lipinski definition) is 7. The normalized spacial score (nSPS) is 18.6. The first-order valence-corrected chi connectivity index (χ1v) is 12.3. The zero-order valence-corrected chi connectivity index (χ0v) is 21.6. The third kappa shape index (κ3) is 5.53. The number of rotatable bonds is 7. The summed E-state index contributed by atoms with van der Waals surface area (Å²) in [6.45, 7) is 5.75. The van der Waals surface area contributed by atoms with E-state index in [-0.39, 0.29) is 35.2 Å². The van der Waals surface area contributed by atoms with Gasteiger partial charge in [-0.2, -0.15) is 0 Å². The maximum atomic E-state index is 13.4. The van der Waals surface area contributed by atoms with Crippen LogP contribution in [0.1, 0.15) is 50.7 Å². The van der Waals surface area contributed by atoms with Crippen molar-refractivity contribution in [2.24, 2.45) is 11.1 Å². The van der Waals surface area contributed by atoms with Gasteiger partial charge in [-0.25, -0.2) is 4.79 Å². The molecule has 194 valence electrons. The molecule has 1 heterocycles. The number of esters is 1. The van der Waals surface area contributed by atoms with Gasteiger partial charge in [-0.1, -0.05) is 51.1 Å². The summed E-state index contributed by atoms with van der Waals surface area (Å²) in [4.78, 5) is 38.8. The zero-order valence-electron chi connectivity index (χ0n) is 21.6. The van der Waals surface area contributed by atoms with Gasteiger partial charge in [-0.3, -0.25) is 9.59 Å². The number of allylic oxidation sites excluding steroid dienone is 2. The predicted octanol–water partition coefficient (Wildman–Crippen LogP) is 4.37. The van der Waals surface area contributed by atoms with E-state index < -0.39 is 11.9 Å². The molecule has 1 aliphatic carbocycles. The molecule has 1 atom stereocenters. The van der Waals surface area contributed by atoms with E-state index in [0.717, 1.165) is 6.42 Å². The molecule has 4 rings (SSSR count). The molecule has 0 bridgehead atoms. The van der Waals surface area contributed by atoms with Crippen LogP contribution >= 0.6 is 0 Å². The van der Waals surface area contributed by atoms with E-state index in [1.807, 2.05) is 38.1 Å². The van der Waals surface area contributed by atoms with Crippen LogP contribution in [0, 0.1) is 5.41 Å². The number of nitrogens with one attached hydrogen (secondary N) is 1. The average molecular weight is 505 g/mol. The largest absolute Gasteiger partial charge is 0.483 e. The van der Waals surface area contributed by atoms with Crippen molar-refractivity contribution < 1.29 is 28.6 Å². The second kappa shape index (κ2) is 10.5. The summed E-state index contributed by atoms with van der Waals surface area (Å²) in [6, 6.07) is 14.6. The molecule has 0 saturated heterocycles. The van der Waals surface area contributed by atoms with Gasteiger partial charge in [0.05, 0.1) is 13.0 Å². The summed E-state index contributed by atoms with van der Waals surface area (Å²) < 4.78 is 16.7. The lowest BCUT2D eigenvalue weighted by atomic mass is 9.70. The summed E-state index contributed by atoms with van der Waals surface area (Å²) >= 11 is 0. The van der Waals surface area contributed by atoms with Crippen LogP contribution in [0.3, 0.4) is 0 Å². The Morgan fingerprint density at radius 3 is 2.49 bits per heavy atom. The summed E-state index contributed by atoms with van der Waals surface area (Å²) in [6.07, 6.45) is 1.69. The summed E-state index contributed by atoms with van der Waals surface area (Å²) in [5.74, 6) is -1.33. The van der Waals surface area contributed by atoms with E-state index in [4.69, 9.17) is 19.9 Å². The molecule has 0 spiro atoms. The summed E-state index contributed by atoms with van der Waals surface area (Å²) in [5, 5.41) is 2.82. The molecule has 0 fully saturated rings. The summed E-state index contributed by atoms with van der Waals surface area (Å²) in [5.41, 5.74) is 8.65. The molecule has 0 saturated carbocycles. The number of benzene rings is 2. The first kappa shape index (κ1) is 26.0. The number of para-hydroxylation sites is 1. The lowest BCUT2D eigenvalue weighted by molar-refractivity contribution is -0.136. The monoisotopic (exact) mass is 504 g/mol. The Bertz CT molecular complexity index is 1290. The van der Waals surface area contributed by atoms with Crippen molar-refractivity contribution in [3.05, 3.63) is 82.4 Å². The maximum absolute atomic E-state index is 13.4. The van der Waals surface area contributed by atoms with Crippen LogP contribution in [-0.2, 0) is 30.3 Å². The van der Waals surface area contributed by atoms with E-state index in [9.17, 15) is 14.4 Å². The Labute approximate surface area is 216 Å². The van der Waals surface area contributed by atoms with Crippen molar-refractivity contribution in [2.45, 2.75) is 46.0 Å². The van der Waals surface area contributed by atoms with Crippen LogP contribution in [0.15, 0.2) is 71.3 Å². The third-order valence-electron chi connectivity index (χ3n) is 6.60. The van der Waals surface area contributed by atoms with Gasteiger partial charge in [0.15, 0.2) is 12.4 Å². The van der Waals surface area contributed by atoms with Crippen LogP contribution in [0.2, 0.25) is 0 Å². The smallest absolute Gasteiger partial charge is 0.340 e. The van der Waals surface area contributed by atoms with Gasteiger partial charge in [0.2, 0.25) is 5.88 Å². The molecular formula is C29H32N2O6. The molecule has 3 N–H and O–H groups in total. The Kier molecular flexibility index (Phi) is 7.38. The number of hydrogen-bond donors (Lipinski definition) is 2. The third-order valence-corrected chi connectivity index (χ3v) is 6.60. The van der Waals surface area contributed by atoms with Crippen LogP contribution in [0.5, 0.6) is 5.75 Å². The lowest BCUT2D eigenvalue weighted by Gasteiger charge is -2.38. The molecule has 37 heavy (non-hydrogen) atoms. The fourth-order valence-electron chi connectivity index (χ4n) is 4.82. The fraction of sp³-hybridized carbons (Fsp3) is 0.345. The Hall–Kier alpha value is -4.07. The SMILES string of the molecule is CCc1ccc(NC(=O)COc2ccccc2C2C(C(=O)OC)=C(N)OC3=C2C(=O)CC(C)(C)C3)cc1. The molecular weight excluding hydrogens is 472 g/mol. The molecule has 1 amide bonds. The Morgan fingerprint density at radius 2 is 1.81 bits per heavy atom. The van der Waals surface area contributed by atoms with Crippen molar-refractivity contribution in [3.8, 4) is 5.75 Å². The van der Waals surface area contributed by atoms with E-state index in [1.54, 1.807) is 24.3 Å². The Morgan fingerprint density at radius 1 is 1.11 bits per heavy atom. The highest BCUT2D eigenvalue weighted by atomic mass is 16.5. The van der Waals surface area contributed by atoms with Crippen LogP contribution in [-0.4, -0.2) is 31.4 Å². The second-order valence-corrected chi connectivity index (χ2v) is 10.0. The number of methoxy groups -OCH3 is 1. The number of Topliss-reactive ketones (excluding diaryl/α,β-unsaturated/α-hetero) is 1. The maximum Gasteiger partial charge on any atom is 0.340 e. The molecule has 8 nitrogen and oxygen atoms in total. The van der Waals surface area contributed by atoms with Gasteiger partial charge < -0.3 is 25.3 Å². The van der Waals surface area contributed by atoms with Gasteiger partial charge >= 0.3 is 5.97 Å². The predicted molar refractivity (Wildman–Crippen MR) is 138 cm³/mol. The quantitative estimate of drug-likeness (QED) is 0.538. The highest BCUT2D eigenvalue weighted by Crippen LogP contribution is 2.49. The topological polar surface area (TPSA) is 117 Å². The molecule has 2 aromatic carbocycles. The number of anilines is 1. The van der Waals surface area contributed by atoms with Crippen molar-refractivity contribution >= 4 is 23.3 Å². The van der Waals surface area contributed by atoms with Crippen LogP contribution < -0.4 is 15.8 Å². The number of carbonyl (C=O) groups is 3. The number of carbonyl (C=O) groups excluding carboxylic acids is 3. The highest BCUT2D eigenvalue weighted by molar-refractivity contribution is 6.03. The zero-order chi connectivity index (χ0) is 26.7. The van der Waals surface area contributed by atoms with Crippen molar-refractivity contribution in [2.75, 3.05) is 19.0 Å². The minimum absolute atomic E-state index is 0.0332. The van der Waals surface area contributed by atoms with E-state index in [1.165, 1.54) is 12.7 Å².